The molecule has 0 spiro atoms. The summed E-state index contributed by atoms with van der Waals surface area (Å²) in [5, 5.41) is 5.79. The van der Waals surface area contributed by atoms with Crippen LogP contribution in [0.4, 0.5) is 0 Å². The Kier molecular flexibility index (Phi) is 4.73. The summed E-state index contributed by atoms with van der Waals surface area (Å²) < 4.78 is 5.05. The van der Waals surface area contributed by atoms with E-state index in [2.05, 4.69) is 10.3 Å². The molecule has 6 nitrogen and oxygen atoms in total. The van der Waals surface area contributed by atoms with Crippen LogP contribution in [0.15, 0.2) is 5.38 Å². The zero-order chi connectivity index (χ0) is 15.5. The Morgan fingerprint density at radius 2 is 2.32 bits per heavy atom. The van der Waals surface area contributed by atoms with Crippen molar-refractivity contribution in [1.82, 2.24) is 15.2 Å². The van der Waals surface area contributed by atoms with Gasteiger partial charge in [0.2, 0.25) is 11.8 Å². The zero-order valence-corrected chi connectivity index (χ0v) is 13.5. The fourth-order valence-electron chi connectivity index (χ4n) is 3.33. The average molecular weight is 323 g/mol. The lowest BCUT2D eigenvalue weighted by Gasteiger charge is -2.43. The van der Waals surface area contributed by atoms with Gasteiger partial charge in [-0.25, -0.2) is 4.98 Å². The number of ether oxygens (including phenoxy) is 1. The van der Waals surface area contributed by atoms with Gasteiger partial charge in [0.15, 0.2) is 0 Å². The minimum absolute atomic E-state index is 0.000942. The van der Waals surface area contributed by atoms with Gasteiger partial charge in [-0.05, 0) is 12.8 Å². The number of carbonyl (C=O) groups is 2. The van der Waals surface area contributed by atoms with Crippen molar-refractivity contribution in [3.05, 3.63) is 16.1 Å². The second-order valence-electron chi connectivity index (χ2n) is 5.89. The molecule has 120 valence electrons. The Bertz CT molecular complexity index is 560. The molecule has 2 fully saturated rings. The smallest absolute Gasteiger partial charge is 0.239 e. The monoisotopic (exact) mass is 323 g/mol. The number of thiazole rings is 1. The van der Waals surface area contributed by atoms with Gasteiger partial charge in [0.25, 0.3) is 0 Å². The van der Waals surface area contributed by atoms with Crippen molar-refractivity contribution in [1.29, 1.82) is 0 Å². The van der Waals surface area contributed by atoms with Gasteiger partial charge in [0.05, 0.1) is 31.3 Å². The second kappa shape index (κ2) is 6.75. The van der Waals surface area contributed by atoms with Gasteiger partial charge >= 0.3 is 0 Å². The molecule has 1 saturated heterocycles. The third kappa shape index (κ3) is 3.30. The van der Waals surface area contributed by atoms with Gasteiger partial charge in [-0.15, -0.1) is 11.3 Å². The number of nitrogens with one attached hydrogen (secondary N) is 1. The van der Waals surface area contributed by atoms with E-state index < -0.39 is 0 Å². The van der Waals surface area contributed by atoms with Crippen LogP contribution in [0.5, 0.6) is 0 Å². The van der Waals surface area contributed by atoms with Crippen LogP contribution in [0.25, 0.3) is 0 Å². The number of aromatic nitrogens is 1. The maximum atomic E-state index is 12.6. The molecule has 22 heavy (non-hydrogen) atoms. The molecule has 2 heterocycles. The van der Waals surface area contributed by atoms with Crippen LogP contribution in [0.2, 0.25) is 0 Å². The molecule has 1 saturated carbocycles. The predicted molar refractivity (Wildman–Crippen MR) is 82.4 cm³/mol. The van der Waals surface area contributed by atoms with Crippen LogP contribution < -0.4 is 5.32 Å². The normalized spacial score (nSPS) is 24.8. The number of rotatable bonds is 4. The number of piperazine rings is 1. The molecular formula is C15H21N3O3S. The van der Waals surface area contributed by atoms with E-state index in [4.69, 9.17) is 4.74 Å². The number of methoxy groups -OCH3 is 1. The summed E-state index contributed by atoms with van der Waals surface area (Å²) in [5.74, 6) is -0.0455. The van der Waals surface area contributed by atoms with Gasteiger partial charge in [0, 0.05) is 18.5 Å². The number of fused-ring (bicyclic) bond motifs is 1. The van der Waals surface area contributed by atoms with Crippen LogP contribution in [0, 0.1) is 0 Å². The second-order valence-corrected chi connectivity index (χ2v) is 6.83. The molecule has 1 aromatic rings. The summed E-state index contributed by atoms with van der Waals surface area (Å²) in [6, 6.07) is 0.273. The molecule has 2 atom stereocenters. The fourth-order valence-corrected chi connectivity index (χ4v) is 4.09. The maximum Gasteiger partial charge on any atom is 0.239 e. The Hall–Kier alpha value is -1.47. The highest BCUT2D eigenvalue weighted by molar-refractivity contribution is 7.09. The van der Waals surface area contributed by atoms with E-state index in [9.17, 15) is 9.59 Å². The lowest BCUT2D eigenvalue weighted by molar-refractivity contribution is -0.143. The third-order valence-electron chi connectivity index (χ3n) is 4.31. The lowest BCUT2D eigenvalue weighted by Crippen LogP contribution is -2.63. The first-order valence-corrected chi connectivity index (χ1v) is 8.56. The molecule has 1 aliphatic carbocycles. The van der Waals surface area contributed by atoms with Crippen molar-refractivity contribution < 1.29 is 14.3 Å². The Labute approximate surface area is 133 Å². The summed E-state index contributed by atoms with van der Waals surface area (Å²) in [4.78, 5) is 30.6. The Balaban J connectivity index is 1.67. The molecule has 2 aliphatic rings. The number of amides is 2. The maximum absolute atomic E-state index is 12.6. The molecule has 1 aliphatic heterocycles. The van der Waals surface area contributed by atoms with Crippen molar-refractivity contribution in [3.63, 3.8) is 0 Å². The summed E-state index contributed by atoms with van der Waals surface area (Å²) in [6.07, 6.45) is 4.44. The van der Waals surface area contributed by atoms with Crippen molar-refractivity contribution >= 4 is 23.2 Å². The van der Waals surface area contributed by atoms with Crippen molar-refractivity contribution in [2.75, 3.05) is 13.7 Å². The molecule has 7 heteroatoms. The Morgan fingerprint density at radius 1 is 1.50 bits per heavy atom. The highest BCUT2D eigenvalue weighted by Gasteiger charge is 2.38. The van der Waals surface area contributed by atoms with E-state index in [0.717, 1.165) is 36.4 Å². The van der Waals surface area contributed by atoms with E-state index in [1.807, 2.05) is 5.38 Å². The average Bonchev–Trinajstić information content (AvgIpc) is 2.94. The molecule has 2 amide bonds. The van der Waals surface area contributed by atoms with E-state index in [-0.39, 0.29) is 36.9 Å². The summed E-state index contributed by atoms with van der Waals surface area (Å²) in [6.45, 7) is 0.644. The quantitative estimate of drug-likeness (QED) is 0.901. The lowest BCUT2D eigenvalue weighted by atomic mass is 9.87. The minimum Gasteiger partial charge on any atom is -0.378 e. The van der Waals surface area contributed by atoms with Crippen molar-refractivity contribution in [2.24, 2.45) is 0 Å². The van der Waals surface area contributed by atoms with Gasteiger partial charge in [-0.3, -0.25) is 9.59 Å². The molecular weight excluding hydrogens is 302 g/mol. The third-order valence-corrected chi connectivity index (χ3v) is 5.18. The van der Waals surface area contributed by atoms with Crippen LogP contribution in [-0.2, 0) is 27.4 Å². The van der Waals surface area contributed by atoms with Gasteiger partial charge < -0.3 is 15.0 Å². The fraction of sp³-hybridized carbons (Fsp3) is 0.667. The molecule has 0 radical (unpaired) electrons. The minimum atomic E-state index is -0.0464. The van der Waals surface area contributed by atoms with Crippen molar-refractivity contribution in [2.45, 2.75) is 50.8 Å². The molecule has 0 aromatic carbocycles. The van der Waals surface area contributed by atoms with Gasteiger partial charge in [-0.2, -0.15) is 0 Å². The van der Waals surface area contributed by atoms with Crippen molar-refractivity contribution in [3.8, 4) is 0 Å². The molecule has 1 N–H and O–H groups in total. The van der Waals surface area contributed by atoms with Crippen LogP contribution in [0.1, 0.15) is 36.4 Å². The zero-order valence-electron chi connectivity index (χ0n) is 12.7. The first-order chi connectivity index (χ1) is 10.7. The summed E-state index contributed by atoms with van der Waals surface area (Å²) in [5.41, 5.74) is 0.764. The number of carbonyl (C=O) groups excluding carboxylic acids is 2. The van der Waals surface area contributed by atoms with Crippen LogP contribution in [-0.4, -0.2) is 47.4 Å². The molecule has 0 bridgehead atoms. The number of hydrogen-bond acceptors (Lipinski definition) is 5. The first kappa shape index (κ1) is 15.4. The number of nitrogens with zero attached hydrogens (tertiary/aromatic N) is 2. The van der Waals surface area contributed by atoms with Gasteiger partial charge in [-0.1, -0.05) is 12.8 Å². The highest BCUT2D eigenvalue weighted by atomic mass is 32.1. The summed E-state index contributed by atoms with van der Waals surface area (Å²) >= 11 is 1.50. The van der Waals surface area contributed by atoms with Gasteiger partial charge in [0.1, 0.15) is 5.01 Å². The van der Waals surface area contributed by atoms with E-state index in [0.29, 0.717) is 6.61 Å². The molecule has 3 rings (SSSR count). The molecule has 0 unspecified atom stereocenters. The van der Waals surface area contributed by atoms with E-state index >= 15 is 0 Å². The first-order valence-electron chi connectivity index (χ1n) is 7.68. The molecule has 1 aromatic heterocycles. The van der Waals surface area contributed by atoms with Crippen LogP contribution >= 0.6 is 11.3 Å². The largest absolute Gasteiger partial charge is 0.378 e. The highest BCUT2D eigenvalue weighted by Crippen LogP contribution is 2.26. The summed E-state index contributed by atoms with van der Waals surface area (Å²) in [7, 11) is 1.63. The number of hydrogen-bond donors (Lipinski definition) is 1. The SMILES string of the molecule is COCc1nc(CC(=O)N2CC(=O)N[C@H]3CCCC[C@@H]32)cs1. The standard InChI is InChI=1S/C15H21N3O3S/c1-21-8-14-16-10(9-22-14)6-15(20)18-7-13(19)17-11-4-2-3-5-12(11)18/h9,11-12H,2-8H2,1H3,(H,17,19)/t11-,12-/m0/s1. The van der Waals surface area contributed by atoms with E-state index in [1.165, 1.54) is 11.3 Å². The predicted octanol–water partition coefficient (Wildman–Crippen LogP) is 1.10. The Morgan fingerprint density at radius 3 is 3.14 bits per heavy atom. The van der Waals surface area contributed by atoms with Crippen LogP contribution in [0.3, 0.4) is 0 Å². The topological polar surface area (TPSA) is 71.5 Å². The van der Waals surface area contributed by atoms with E-state index in [1.54, 1.807) is 12.0 Å².